The second-order valence-electron chi connectivity index (χ2n) is 7.01. The van der Waals surface area contributed by atoms with Gasteiger partial charge >= 0.3 is 21.7 Å². The Bertz CT molecular complexity index is 942. The fourth-order valence-electron chi connectivity index (χ4n) is 3.14. The Morgan fingerprint density at radius 2 is 1.57 bits per heavy atom. The second kappa shape index (κ2) is 14.6. The standard InChI is InChI=1S/C18H18N.C7H8O.2ClH.Ti/c1-19(2)13-14-7-8-17(11-14)18-10-9-15-5-3-4-6-16(15)12-18;8-6-7-4-2-1-3-5-7;;;/h3-11,17H,13H2,1-2H3;1-5,8H,6H2;2*1H;/q-1;;;;+3/p-2. The normalized spacial score (nSPS) is 14.0. The van der Waals surface area contributed by atoms with E-state index in [-0.39, 0.29) is 53.1 Å². The minimum absolute atomic E-state index is 0. The van der Waals surface area contributed by atoms with E-state index in [1.54, 1.807) is 0 Å². The van der Waals surface area contributed by atoms with Crippen LogP contribution in [-0.4, -0.2) is 30.6 Å². The molecule has 3 aromatic rings. The van der Waals surface area contributed by atoms with E-state index in [1.807, 2.05) is 30.3 Å². The molecule has 0 heterocycles. The zero-order valence-electron chi connectivity index (χ0n) is 17.2. The molecule has 0 aromatic heterocycles. The summed E-state index contributed by atoms with van der Waals surface area (Å²) in [4.78, 5) is 2.20. The van der Waals surface area contributed by atoms with E-state index < -0.39 is 0 Å². The Morgan fingerprint density at radius 1 is 0.900 bits per heavy atom. The number of fused-ring (bicyclic) bond motifs is 1. The van der Waals surface area contributed by atoms with Gasteiger partial charge in [0.25, 0.3) is 0 Å². The molecule has 5 heteroatoms. The van der Waals surface area contributed by atoms with Crippen LogP contribution in [0, 0.1) is 6.07 Å². The van der Waals surface area contributed by atoms with Crippen LogP contribution in [0.2, 0.25) is 0 Å². The molecular weight excluding hydrogens is 449 g/mol. The maximum atomic E-state index is 8.54. The van der Waals surface area contributed by atoms with Crippen molar-refractivity contribution in [3.05, 3.63) is 108 Å². The number of aliphatic hydroxyl groups excluding tert-OH is 1. The summed E-state index contributed by atoms with van der Waals surface area (Å²) in [6.45, 7) is 1.14. The Hall–Kier alpha value is -1.39. The van der Waals surface area contributed by atoms with Crippen molar-refractivity contribution in [3.63, 3.8) is 0 Å². The third-order valence-electron chi connectivity index (χ3n) is 4.48. The third kappa shape index (κ3) is 8.39. The van der Waals surface area contributed by atoms with Crippen molar-refractivity contribution in [1.82, 2.24) is 4.90 Å². The summed E-state index contributed by atoms with van der Waals surface area (Å²) in [5, 5.41) is 11.0. The van der Waals surface area contributed by atoms with Crippen LogP contribution in [0.4, 0.5) is 0 Å². The number of hydrogen-bond acceptors (Lipinski definition) is 2. The van der Waals surface area contributed by atoms with Gasteiger partial charge in [0.05, 0.1) is 6.61 Å². The van der Waals surface area contributed by atoms with Crippen molar-refractivity contribution in [2.75, 3.05) is 20.6 Å². The van der Waals surface area contributed by atoms with Gasteiger partial charge in [0.2, 0.25) is 0 Å². The van der Waals surface area contributed by atoms with Crippen LogP contribution in [0.25, 0.3) is 10.8 Å². The van der Waals surface area contributed by atoms with Gasteiger partial charge in [-0.15, -0.1) is 46.7 Å². The molecule has 1 N–H and O–H groups in total. The quantitative estimate of drug-likeness (QED) is 0.386. The van der Waals surface area contributed by atoms with E-state index in [1.165, 1.54) is 21.9 Å². The molecule has 0 spiro atoms. The molecule has 1 atom stereocenters. The molecule has 0 amide bonds. The Morgan fingerprint density at radius 3 is 2.20 bits per heavy atom. The van der Waals surface area contributed by atoms with Gasteiger partial charge in [-0.25, -0.2) is 0 Å². The molecule has 4 rings (SSSR count). The molecule has 1 aliphatic rings. The summed E-state index contributed by atoms with van der Waals surface area (Å²) in [6, 6.07) is 25.8. The summed E-state index contributed by atoms with van der Waals surface area (Å²) in [6.07, 6.45) is 6.83. The summed E-state index contributed by atoms with van der Waals surface area (Å²) < 4.78 is 0. The third-order valence-corrected chi connectivity index (χ3v) is 4.48. The smallest absolute Gasteiger partial charge is 1.00 e. The van der Waals surface area contributed by atoms with E-state index in [9.17, 15) is 0 Å². The average Bonchev–Trinajstić information content (AvgIpc) is 3.16. The summed E-state index contributed by atoms with van der Waals surface area (Å²) in [5.41, 5.74) is 3.60. The molecule has 0 fully saturated rings. The van der Waals surface area contributed by atoms with Crippen LogP contribution in [0.3, 0.4) is 0 Å². The minimum Gasteiger partial charge on any atom is -1.00 e. The number of nitrogens with zero attached hydrogens (tertiary/aromatic N) is 1. The Kier molecular flexibility index (Phi) is 13.9. The zero-order valence-corrected chi connectivity index (χ0v) is 20.3. The van der Waals surface area contributed by atoms with Gasteiger partial charge in [0.1, 0.15) is 0 Å². The van der Waals surface area contributed by atoms with Crippen LogP contribution in [-0.2, 0) is 28.3 Å². The van der Waals surface area contributed by atoms with E-state index >= 15 is 0 Å². The predicted octanol–water partition coefficient (Wildman–Crippen LogP) is -1.03. The van der Waals surface area contributed by atoms with Crippen molar-refractivity contribution in [2.24, 2.45) is 0 Å². The van der Waals surface area contributed by atoms with E-state index in [4.69, 9.17) is 5.11 Å². The molecule has 0 saturated carbocycles. The van der Waals surface area contributed by atoms with Crippen molar-refractivity contribution >= 4 is 10.8 Å². The number of halogens is 2. The number of rotatable bonds is 4. The van der Waals surface area contributed by atoms with Gasteiger partial charge in [-0.3, -0.25) is 0 Å². The maximum Gasteiger partial charge on any atom is 3.00 e. The van der Waals surface area contributed by atoms with Crippen molar-refractivity contribution in [3.8, 4) is 0 Å². The first kappa shape index (κ1) is 28.6. The number of aliphatic hydroxyl groups is 1. The van der Waals surface area contributed by atoms with Crippen LogP contribution < -0.4 is 24.8 Å². The van der Waals surface area contributed by atoms with Gasteiger partial charge in [0.15, 0.2) is 0 Å². The van der Waals surface area contributed by atoms with Crippen LogP contribution >= 0.6 is 0 Å². The first-order chi connectivity index (χ1) is 13.2. The molecule has 155 valence electrons. The fraction of sp³-hybridized carbons (Fsp3) is 0.200. The molecule has 0 saturated heterocycles. The first-order valence-electron chi connectivity index (χ1n) is 9.25. The summed E-state index contributed by atoms with van der Waals surface area (Å²) in [5.74, 6) is 0.375. The maximum absolute atomic E-state index is 8.54. The first-order valence-corrected chi connectivity index (χ1v) is 9.25. The SMILES string of the molecule is CN(C)CC1=CC(c2[c-]c3ccccc3cc2)C=C1.OCc1ccccc1.[Cl-].[Cl-].[Ti+3]. The summed E-state index contributed by atoms with van der Waals surface area (Å²) in [7, 11) is 4.20. The molecule has 1 radical (unpaired) electrons. The molecule has 1 unspecified atom stereocenters. The summed E-state index contributed by atoms with van der Waals surface area (Å²) >= 11 is 0. The van der Waals surface area contributed by atoms with Crippen molar-refractivity contribution < 1.29 is 51.6 Å². The second-order valence-corrected chi connectivity index (χ2v) is 7.01. The van der Waals surface area contributed by atoms with Crippen LogP contribution in [0.1, 0.15) is 17.0 Å². The van der Waals surface area contributed by atoms with Crippen LogP contribution in [0.5, 0.6) is 0 Å². The number of likely N-dealkylation sites (N-methyl/N-ethyl adjacent to an activating group) is 1. The average molecular weight is 475 g/mol. The van der Waals surface area contributed by atoms with Gasteiger partial charge in [-0.2, -0.15) is 0 Å². The van der Waals surface area contributed by atoms with Crippen molar-refractivity contribution in [2.45, 2.75) is 12.5 Å². The number of hydrogen-bond donors (Lipinski definition) is 1. The molecule has 30 heavy (non-hydrogen) atoms. The fourth-order valence-corrected chi connectivity index (χ4v) is 3.14. The monoisotopic (exact) mass is 474 g/mol. The molecule has 2 nitrogen and oxygen atoms in total. The molecule has 3 aromatic carbocycles. The zero-order chi connectivity index (χ0) is 19.1. The molecule has 0 bridgehead atoms. The molecule has 1 aliphatic carbocycles. The molecule has 0 aliphatic heterocycles. The Labute approximate surface area is 207 Å². The van der Waals surface area contributed by atoms with Gasteiger partial charge in [0, 0.05) is 12.5 Å². The van der Waals surface area contributed by atoms with E-state index in [2.05, 4.69) is 79.7 Å². The van der Waals surface area contributed by atoms with E-state index in [0.29, 0.717) is 5.92 Å². The van der Waals surface area contributed by atoms with E-state index in [0.717, 1.165) is 12.1 Å². The van der Waals surface area contributed by atoms with Crippen molar-refractivity contribution in [1.29, 1.82) is 0 Å². The van der Waals surface area contributed by atoms with Gasteiger partial charge in [-0.05, 0) is 25.2 Å². The van der Waals surface area contributed by atoms with Gasteiger partial charge in [-0.1, -0.05) is 60.7 Å². The number of allylic oxidation sites excluding steroid dienone is 2. The topological polar surface area (TPSA) is 23.5 Å². The Balaban J connectivity index is 0.000000659. The largest absolute Gasteiger partial charge is 3.00 e. The number of benzene rings is 3. The van der Waals surface area contributed by atoms with Gasteiger partial charge < -0.3 is 34.8 Å². The molecular formula is C25H26Cl2NOTi. The predicted molar refractivity (Wildman–Crippen MR) is 114 cm³/mol. The minimum atomic E-state index is 0. The van der Waals surface area contributed by atoms with Crippen LogP contribution in [0.15, 0.2) is 90.5 Å².